The Morgan fingerprint density at radius 1 is 1.18 bits per heavy atom. The quantitative estimate of drug-likeness (QED) is 0.803. The maximum atomic E-state index is 5.52. The lowest BCUT2D eigenvalue weighted by Crippen LogP contribution is -2.51. The third-order valence-electron chi connectivity index (χ3n) is 4.62. The van der Waals surface area contributed by atoms with Crippen LogP contribution in [0.4, 0.5) is 5.69 Å². The molecule has 122 valence electrons. The summed E-state index contributed by atoms with van der Waals surface area (Å²) < 4.78 is 10.6. The van der Waals surface area contributed by atoms with E-state index in [1.807, 2.05) is 18.2 Å². The number of methoxy groups -OCH3 is 2. The number of thiocarbonyl (C=S) groups is 1. The molecule has 0 heterocycles. The van der Waals surface area contributed by atoms with Gasteiger partial charge in [-0.05, 0) is 43.1 Å². The second-order valence-electron chi connectivity index (χ2n) is 6.16. The lowest BCUT2D eigenvalue weighted by atomic mass is 9.85. The summed E-state index contributed by atoms with van der Waals surface area (Å²) in [7, 11) is 3.28. The minimum Gasteiger partial charge on any atom is -0.497 e. The Kier molecular flexibility index (Phi) is 5.51. The highest BCUT2D eigenvalue weighted by molar-refractivity contribution is 7.80. The van der Waals surface area contributed by atoms with Crippen LogP contribution in [0, 0.1) is 5.92 Å². The SMILES string of the molecule is COc1ccc(NC(=S)NC2(C(C)C)CCCC2)c(OC)c1. The molecule has 1 aliphatic rings. The van der Waals surface area contributed by atoms with E-state index in [1.165, 1.54) is 25.7 Å². The monoisotopic (exact) mass is 322 g/mol. The highest BCUT2D eigenvalue weighted by Crippen LogP contribution is 2.36. The first-order valence-electron chi connectivity index (χ1n) is 7.82. The second kappa shape index (κ2) is 7.18. The van der Waals surface area contributed by atoms with E-state index in [-0.39, 0.29) is 5.54 Å². The van der Waals surface area contributed by atoms with Crippen molar-refractivity contribution in [3.05, 3.63) is 18.2 Å². The Labute approximate surface area is 138 Å². The van der Waals surface area contributed by atoms with Crippen molar-refractivity contribution in [2.75, 3.05) is 19.5 Å². The predicted molar refractivity (Wildman–Crippen MR) is 94.9 cm³/mol. The molecule has 1 aliphatic carbocycles. The van der Waals surface area contributed by atoms with Crippen LogP contribution < -0.4 is 20.1 Å². The minimum atomic E-state index is 0.115. The van der Waals surface area contributed by atoms with Gasteiger partial charge in [0, 0.05) is 11.6 Å². The average Bonchev–Trinajstić information content (AvgIpc) is 2.97. The summed E-state index contributed by atoms with van der Waals surface area (Å²) in [5.41, 5.74) is 0.960. The van der Waals surface area contributed by atoms with E-state index in [2.05, 4.69) is 24.5 Å². The Morgan fingerprint density at radius 3 is 2.41 bits per heavy atom. The van der Waals surface area contributed by atoms with E-state index in [4.69, 9.17) is 21.7 Å². The lowest BCUT2D eigenvalue weighted by molar-refractivity contribution is 0.283. The number of anilines is 1. The van der Waals surface area contributed by atoms with Gasteiger partial charge in [0.1, 0.15) is 11.5 Å². The number of benzene rings is 1. The normalized spacial score (nSPS) is 16.4. The second-order valence-corrected chi connectivity index (χ2v) is 6.57. The Balaban J connectivity index is 2.08. The molecule has 0 atom stereocenters. The average molecular weight is 322 g/mol. The van der Waals surface area contributed by atoms with Gasteiger partial charge in [-0.3, -0.25) is 0 Å². The van der Waals surface area contributed by atoms with Crippen LogP contribution in [-0.4, -0.2) is 24.9 Å². The topological polar surface area (TPSA) is 42.5 Å². The molecule has 1 aromatic rings. The van der Waals surface area contributed by atoms with Crippen LogP contribution in [0.15, 0.2) is 18.2 Å². The fourth-order valence-corrected chi connectivity index (χ4v) is 3.45. The van der Waals surface area contributed by atoms with Crippen LogP contribution in [0.1, 0.15) is 39.5 Å². The molecule has 22 heavy (non-hydrogen) atoms. The Bertz CT molecular complexity index is 525. The van der Waals surface area contributed by atoms with Gasteiger partial charge in [0.05, 0.1) is 19.9 Å². The molecule has 0 radical (unpaired) electrons. The fraction of sp³-hybridized carbons (Fsp3) is 0.588. The van der Waals surface area contributed by atoms with Crippen molar-refractivity contribution >= 4 is 23.0 Å². The molecule has 0 aromatic heterocycles. The largest absolute Gasteiger partial charge is 0.497 e. The zero-order chi connectivity index (χ0) is 16.2. The highest BCUT2D eigenvalue weighted by atomic mass is 32.1. The summed E-state index contributed by atoms with van der Waals surface area (Å²) in [6.45, 7) is 4.52. The molecule has 0 aliphatic heterocycles. The smallest absolute Gasteiger partial charge is 0.171 e. The fourth-order valence-electron chi connectivity index (χ4n) is 3.13. The van der Waals surface area contributed by atoms with Gasteiger partial charge in [-0.15, -0.1) is 0 Å². The predicted octanol–water partition coefficient (Wildman–Crippen LogP) is 3.96. The molecule has 5 heteroatoms. The number of nitrogens with one attached hydrogen (secondary N) is 2. The third kappa shape index (κ3) is 3.64. The summed E-state index contributed by atoms with van der Waals surface area (Å²) in [6, 6.07) is 5.66. The van der Waals surface area contributed by atoms with Crippen molar-refractivity contribution in [1.29, 1.82) is 0 Å². The summed E-state index contributed by atoms with van der Waals surface area (Å²) in [4.78, 5) is 0. The van der Waals surface area contributed by atoms with Crippen molar-refractivity contribution in [3.8, 4) is 11.5 Å². The number of ether oxygens (including phenoxy) is 2. The number of hydrogen-bond acceptors (Lipinski definition) is 3. The first-order chi connectivity index (χ1) is 10.5. The molecule has 0 bridgehead atoms. The van der Waals surface area contributed by atoms with Crippen molar-refractivity contribution in [2.24, 2.45) is 5.92 Å². The third-order valence-corrected chi connectivity index (χ3v) is 4.82. The van der Waals surface area contributed by atoms with E-state index < -0.39 is 0 Å². The highest BCUT2D eigenvalue weighted by Gasteiger charge is 2.37. The molecule has 1 aromatic carbocycles. The molecular weight excluding hydrogens is 296 g/mol. The van der Waals surface area contributed by atoms with Crippen LogP contribution in [-0.2, 0) is 0 Å². The molecule has 0 saturated heterocycles. The van der Waals surface area contributed by atoms with Crippen molar-refractivity contribution < 1.29 is 9.47 Å². The van der Waals surface area contributed by atoms with E-state index in [0.717, 1.165) is 11.4 Å². The minimum absolute atomic E-state index is 0.115. The van der Waals surface area contributed by atoms with Gasteiger partial charge in [0.2, 0.25) is 0 Å². The van der Waals surface area contributed by atoms with Gasteiger partial charge in [0.25, 0.3) is 0 Å². The van der Waals surface area contributed by atoms with E-state index in [1.54, 1.807) is 14.2 Å². The molecule has 1 saturated carbocycles. The summed E-state index contributed by atoms with van der Waals surface area (Å²) in [5, 5.41) is 7.46. The van der Waals surface area contributed by atoms with Gasteiger partial charge in [-0.1, -0.05) is 26.7 Å². The van der Waals surface area contributed by atoms with Gasteiger partial charge in [-0.25, -0.2) is 0 Å². The first kappa shape index (κ1) is 16.9. The van der Waals surface area contributed by atoms with E-state index >= 15 is 0 Å². The molecule has 0 amide bonds. The number of hydrogen-bond donors (Lipinski definition) is 2. The Morgan fingerprint density at radius 2 is 1.86 bits per heavy atom. The Hall–Kier alpha value is -1.49. The zero-order valence-corrected chi connectivity index (χ0v) is 14.7. The standard InChI is InChI=1S/C17H26N2O2S/c1-12(2)17(9-5-6-10-17)19-16(22)18-14-8-7-13(20-3)11-15(14)21-4/h7-8,11-12H,5-6,9-10H2,1-4H3,(H2,18,19,22). The van der Waals surface area contributed by atoms with Gasteiger partial charge in [0.15, 0.2) is 5.11 Å². The van der Waals surface area contributed by atoms with Crippen molar-refractivity contribution in [3.63, 3.8) is 0 Å². The molecule has 1 fully saturated rings. The lowest BCUT2D eigenvalue weighted by Gasteiger charge is -2.36. The van der Waals surface area contributed by atoms with E-state index in [0.29, 0.717) is 16.8 Å². The molecule has 2 N–H and O–H groups in total. The van der Waals surface area contributed by atoms with Crippen LogP contribution in [0.25, 0.3) is 0 Å². The number of rotatable bonds is 5. The van der Waals surface area contributed by atoms with Crippen LogP contribution in [0.3, 0.4) is 0 Å². The van der Waals surface area contributed by atoms with Gasteiger partial charge in [-0.2, -0.15) is 0 Å². The summed E-state index contributed by atoms with van der Waals surface area (Å²) in [5.74, 6) is 2.02. The van der Waals surface area contributed by atoms with Crippen molar-refractivity contribution in [2.45, 2.75) is 45.1 Å². The van der Waals surface area contributed by atoms with E-state index in [9.17, 15) is 0 Å². The maximum Gasteiger partial charge on any atom is 0.171 e. The van der Waals surface area contributed by atoms with Gasteiger partial charge >= 0.3 is 0 Å². The first-order valence-corrected chi connectivity index (χ1v) is 8.23. The molecular formula is C17H26N2O2S. The van der Waals surface area contributed by atoms with Crippen molar-refractivity contribution in [1.82, 2.24) is 5.32 Å². The van der Waals surface area contributed by atoms with Crippen LogP contribution in [0.5, 0.6) is 11.5 Å². The van der Waals surface area contributed by atoms with Crippen LogP contribution in [0.2, 0.25) is 0 Å². The molecule has 0 unspecified atom stereocenters. The van der Waals surface area contributed by atoms with Crippen LogP contribution >= 0.6 is 12.2 Å². The zero-order valence-electron chi connectivity index (χ0n) is 13.9. The maximum absolute atomic E-state index is 5.52. The molecule has 0 spiro atoms. The molecule has 4 nitrogen and oxygen atoms in total. The summed E-state index contributed by atoms with van der Waals surface area (Å²) in [6.07, 6.45) is 4.87. The van der Waals surface area contributed by atoms with Gasteiger partial charge < -0.3 is 20.1 Å². The summed E-state index contributed by atoms with van der Waals surface area (Å²) >= 11 is 5.52. The molecule has 2 rings (SSSR count).